The molecule has 0 bridgehead atoms. The van der Waals surface area contributed by atoms with E-state index in [-0.39, 0.29) is 17.9 Å². The van der Waals surface area contributed by atoms with Crippen LogP contribution in [0.4, 0.5) is 5.69 Å². The van der Waals surface area contributed by atoms with Gasteiger partial charge in [0.15, 0.2) is 6.04 Å². The molecule has 1 aliphatic carbocycles. The maximum Gasteiger partial charge on any atom is 0.292 e. The van der Waals surface area contributed by atoms with Crippen LogP contribution in [0.3, 0.4) is 0 Å². The first-order valence-electron chi connectivity index (χ1n) is 8.11. The van der Waals surface area contributed by atoms with E-state index in [2.05, 4.69) is 5.32 Å². The Morgan fingerprint density at radius 2 is 1.77 bits per heavy atom. The van der Waals surface area contributed by atoms with Crippen LogP contribution in [0.2, 0.25) is 5.02 Å². The highest BCUT2D eigenvalue weighted by Gasteiger charge is 2.42. The minimum Gasteiger partial charge on any atom is -0.335 e. The van der Waals surface area contributed by atoms with Crippen LogP contribution in [0.15, 0.2) is 24.3 Å². The van der Waals surface area contributed by atoms with Gasteiger partial charge in [0.25, 0.3) is 5.91 Å². The van der Waals surface area contributed by atoms with Crippen molar-refractivity contribution in [3.8, 4) is 0 Å². The van der Waals surface area contributed by atoms with Crippen molar-refractivity contribution in [1.82, 2.24) is 0 Å². The smallest absolute Gasteiger partial charge is 0.292 e. The van der Waals surface area contributed by atoms with E-state index in [0.29, 0.717) is 23.0 Å². The van der Waals surface area contributed by atoms with Crippen LogP contribution in [0.25, 0.3) is 0 Å². The summed E-state index contributed by atoms with van der Waals surface area (Å²) in [6.07, 6.45) is 6.74. The summed E-state index contributed by atoms with van der Waals surface area (Å²) in [5, 5.41) is 2.68. The average Bonchev–Trinajstić information content (AvgIpc) is 2.82. The van der Waals surface area contributed by atoms with Crippen LogP contribution in [-0.2, 0) is 9.59 Å². The SMILES string of the molecule is O=C1C[C@@H]([NH2+]CC2CCCCC2)C(=O)N1c1ccc(Cl)cc1. The summed E-state index contributed by atoms with van der Waals surface area (Å²) in [7, 11) is 0. The van der Waals surface area contributed by atoms with E-state index in [1.165, 1.54) is 37.0 Å². The summed E-state index contributed by atoms with van der Waals surface area (Å²) in [4.78, 5) is 26.0. The zero-order valence-electron chi connectivity index (χ0n) is 12.6. The lowest BCUT2D eigenvalue weighted by atomic mass is 9.89. The van der Waals surface area contributed by atoms with Crippen molar-refractivity contribution in [2.24, 2.45) is 5.92 Å². The second kappa shape index (κ2) is 6.80. The Morgan fingerprint density at radius 3 is 2.45 bits per heavy atom. The number of nitrogens with two attached hydrogens (primary N) is 1. The number of halogens is 1. The molecule has 1 aromatic rings. The van der Waals surface area contributed by atoms with Crippen LogP contribution in [-0.4, -0.2) is 24.4 Å². The van der Waals surface area contributed by atoms with E-state index >= 15 is 0 Å². The zero-order valence-corrected chi connectivity index (χ0v) is 13.4. The van der Waals surface area contributed by atoms with Crippen molar-refractivity contribution in [3.05, 3.63) is 29.3 Å². The molecule has 0 spiro atoms. The number of hydrogen-bond acceptors (Lipinski definition) is 2. The van der Waals surface area contributed by atoms with Gasteiger partial charge in [-0.05, 0) is 37.1 Å². The number of rotatable bonds is 4. The number of nitrogens with zero attached hydrogens (tertiary/aromatic N) is 1. The third-order valence-corrected chi connectivity index (χ3v) is 5.00. The van der Waals surface area contributed by atoms with Gasteiger partial charge >= 0.3 is 0 Å². The predicted octanol–water partition coefficient (Wildman–Crippen LogP) is 2.12. The number of quaternary nitrogens is 1. The van der Waals surface area contributed by atoms with E-state index in [4.69, 9.17) is 11.6 Å². The minimum absolute atomic E-state index is 0.0943. The molecule has 1 heterocycles. The fourth-order valence-corrected chi connectivity index (χ4v) is 3.61. The van der Waals surface area contributed by atoms with Gasteiger partial charge in [-0.25, -0.2) is 4.90 Å². The van der Waals surface area contributed by atoms with Crippen LogP contribution in [0.1, 0.15) is 38.5 Å². The number of benzene rings is 1. The summed E-state index contributed by atoms with van der Waals surface area (Å²) in [6.45, 7) is 0.956. The lowest BCUT2D eigenvalue weighted by Gasteiger charge is -2.21. The van der Waals surface area contributed by atoms with Crippen molar-refractivity contribution in [1.29, 1.82) is 0 Å². The molecule has 0 aromatic heterocycles. The molecule has 2 amide bonds. The highest BCUT2D eigenvalue weighted by molar-refractivity contribution is 6.30. The van der Waals surface area contributed by atoms with Crippen LogP contribution >= 0.6 is 11.6 Å². The highest BCUT2D eigenvalue weighted by Crippen LogP contribution is 2.24. The van der Waals surface area contributed by atoms with Crippen molar-refractivity contribution in [3.63, 3.8) is 0 Å². The molecule has 2 N–H and O–H groups in total. The Morgan fingerprint density at radius 1 is 1.09 bits per heavy atom. The Kier molecular flexibility index (Phi) is 4.79. The number of carbonyl (C=O) groups excluding carboxylic acids is 2. The van der Waals surface area contributed by atoms with Gasteiger partial charge in [-0.3, -0.25) is 9.59 Å². The van der Waals surface area contributed by atoms with Gasteiger partial charge < -0.3 is 5.32 Å². The first kappa shape index (κ1) is 15.5. The molecule has 4 nitrogen and oxygen atoms in total. The van der Waals surface area contributed by atoms with E-state index < -0.39 is 0 Å². The average molecular weight is 322 g/mol. The lowest BCUT2D eigenvalue weighted by molar-refractivity contribution is -0.680. The molecule has 0 unspecified atom stereocenters. The molecule has 2 fully saturated rings. The maximum atomic E-state index is 12.5. The second-order valence-corrected chi connectivity index (χ2v) is 6.77. The lowest BCUT2D eigenvalue weighted by Crippen LogP contribution is -2.92. The number of amides is 2. The van der Waals surface area contributed by atoms with Gasteiger partial charge in [-0.2, -0.15) is 0 Å². The third-order valence-electron chi connectivity index (χ3n) is 4.75. The first-order chi connectivity index (χ1) is 10.6. The molecule has 1 saturated heterocycles. The maximum absolute atomic E-state index is 12.5. The second-order valence-electron chi connectivity index (χ2n) is 6.33. The van der Waals surface area contributed by atoms with Gasteiger partial charge in [0.05, 0.1) is 18.7 Å². The molecular weight excluding hydrogens is 300 g/mol. The van der Waals surface area contributed by atoms with Gasteiger partial charge in [0.1, 0.15) is 0 Å². The highest BCUT2D eigenvalue weighted by atomic mass is 35.5. The predicted molar refractivity (Wildman–Crippen MR) is 85.7 cm³/mol. The minimum atomic E-state index is -0.259. The molecule has 1 saturated carbocycles. The quantitative estimate of drug-likeness (QED) is 0.864. The van der Waals surface area contributed by atoms with Crippen LogP contribution < -0.4 is 10.2 Å². The molecule has 118 valence electrons. The number of imide groups is 1. The van der Waals surface area contributed by atoms with Gasteiger partial charge in [0, 0.05) is 10.9 Å². The van der Waals surface area contributed by atoms with Gasteiger partial charge in [-0.15, -0.1) is 0 Å². The van der Waals surface area contributed by atoms with E-state index in [0.717, 1.165) is 6.54 Å². The molecular formula is C17H22ClN2O2+. The van der Waals surface area contributed by atoms with Crippen molar-refractivity contribution < 1.29 is 14.9 Å². The summed E-state index contributed by atoms with van der Waals surface area (Å²) in [6, 6.07) is 6.60. The van der Waals surface area contributed by atoms with Crippen molar-refractivity contribution in [2.75, 3.05) is 11.4 Å². The Bertz CT molecular complexity index is 552. The summed E-state index contributed by atoms with van der Waals surface area (Å²) < 4.78 is 0. The molecule has 1 atom stereocenters. The fourth-order valence-electron chi connectivity index (χ4n) is 3.48. The molecule has 5 heteroatoms. The monoisotopic (exact) mass is 321 g/mol. The fraction of sp³-hybridized carbons (Fsp3) is 0.529. The summed E-state index contributed by atoms with van der Waals surface area (Å²) >= 11 is 5.86. The normalized spacial score (nSPS) is 23.3. The van der Waals surface area contributed by atoms with E-state index in [1.54, 1.807) is 24.3 Å². The number of hydrogen-bond donors (Lipinski definition) is 1. The van der Waals surface area contributed by atoms with Gasteiger partial charge in [0.2, 0.25) is 5.91 Å². The van der Waals surface area contributed by atoms with E-state index in [1.807, 2.05) is 0 Å². The number of carbonyl (C=O) groups is 2. The van der Waals surface area contributed by atoms with Crippen LogP contribution in [0.5, 0.6) is 0 Å². The van der Waals surface area contributed by atoms with Gasteiger partial charge in [-0.1, -0.05) is 30.9 Å². The van der Waals surface area contributed by atoms with Crippen molar-refractivity contribution >= 4 is 29.1 Å². The zero-order chi connectivity index (χ0) is 15.5. The standard InChI is InChI=1S/C17H21ClN2O2/c18-13-6-8-14(9-7-13)20-16(21)10-15(17(20)22)19-11-12-4-2-1-3-5-12/h6-9,12,15,19H,1-5,10-11H2/p+1/t15-/m1/s1. The molecule has 1 aliphatic heterocycles. The summed E-state index contributed by atoms with van der Waals surface area (Å²) in [5.41, 5.74) is 0.618. The summed E-state index contributed by atoms with van der Waals surface area (Å²) in [5.74, 6) is 0.488. The first-order valence-corrected chi connectivity index (χ1v) is 8.48. The molecule has 22 heavy (non-hydrogen) atoms. The van der Waals surface area contributed by atoms with E-state index in [9.17, 15) is 9.59 Å². The Labute approximate surface area is 135 Å². The number of anilines is 1. The Hall–Kier alpha value is -1.39. The van der Waals surface area contributed by atoms with Crippen LogP contribution in [0, 0.1) is 5.92 Å². The molecule has 3 rings (SSSR count). The Balaban J connectivity index is 1.62. The molecule has 2 aliphatic rings. The largest absolute Gasteiger partial charge is 0.335 e. The molecule has 0 radical (unpaired) electrons. The van der Waals surface area contributed by atoms with Crippen molar-refractivity contribution in [2.45, 2.75) is 44.6 Å². The third kappa shape index (κ3) is 3.33. The molecule has 1 aromatic carbocycles. The topological polar surface area (TPSA) is 54.0 Å².